The average Bonchev–Trinajstić information content (AvgIpc) is 3.25. The Bertz CT molecular complexity index is 751. The zero-order chi connectivity index (χ0) is 17.9. The number of hydrogen-bond acceptors (Lipinski definition) is 4. The molecule has 138 valence electrons. The van der Waals surface area contributed by atoms with Crippen LogP contribution in [0, 0.1) is 0 Å². The first kappa shape index (κ1) is 17.0. The Morgan fingerprint density at radius 2 is 2.27 bits per heavy atom. The molecule has 1 saturated carbocycles. The maximum Gasteiger partial charge on any atom is 0.323 e. The van der Waals surface area contributed by atoms with Crippen LogP contribution in [0.1, 0.15) is 43.0 Å². The van der Waals surface area contributed by atoms with Crippen LogP contribution in [-0.4, -0.2) is 45.0 Å². The lowest BCUT2D eigenvalue weighted by Crippen LogP contribution is -2.40. The monoisotopic (exact) mass is 355 g/mol. The van der Waals surface area contributed by atoms with E-state index < -0.39 is 0 Å². The second kappa shape index (κ2) is 7.45. The van der Waals surface area contributed by atoms with E-state index in [4.69, 9.17) is 4.74 Å². The fraction of sp³-hybridized carbons (Fsp3) is 0.526. The predicted molar refractivity (Wildman–Crippen MR) is 97.8 cm³/mol. The summed E-state index contributed by atoms with van der Waals surface area (Å²) in [6.45, 7) is 1.80. The number of nitrogens with zero attached hydrogens (tertiary/aromatic N) is 4. The lowest BCUT2D eigenvalue weighted by Gasteiger charge is -2.25. The lowest BCUT2D eigenvalue weighted by atomic mass is 10.2. The Morgan fingerprint density at radius 1 is 1.38 bits per heavy atom. The van der Waals surface area contributed by atoms with Crippen molar-refractivity contribution in [2.45, 2.75) is 44.2 Å². The third-order valence-electron chi connectivity index (χ3n) is 4.94. The van der Waals surface area contributed by atoms with Crippen LogP contribution < -0.4 is 5.32 Å². The number of aryl methyl sites for hydroxylation is 1. The van der Waals surface area contributed by atoms with Crippen LogP contribution in [0.4, 0.5) is 10.6 Å². The third kappa shape index (κ3) is 4.04. The smallest absolute Gasteiger partial charge is 0.323 e. The van der Waals surface area contributed by atoms with Gasteiger partial charge < -0.3 is 9.64 Å². The molecule has 7 heteroatoms. The van der Waals surface area contributed by atoms with E-state index in [9.17, 15) is 4.79 Å². The van der Waals surface area contributed by atoms with E-state index in [-0.39, 0.29) is 12.1 Å². The van der Waals surface area contributed by atoms with Crippen molar-refractivity contribution in [1.82, 2.24) is 19.7 Å². The van der Waals surface area contributed by atoms with Gasteiger partial charge in [0.15, 0.2) is 0 Å². The van der Waals surface area contributed by atoms with Crippen LogP contribution in [0.15, 0.2) is 30.5 Å². The summed E-state index contributed by atoms with van der Waals surface area (Å²) in [5, 5.41) is 7.53. The van der Waals surface area contributed by atoms with Gasteiger partial charge in [-0.3, -0.25) is 15.0 Å². The maximum atomic E-state index is 12.9. The molecular weight excluding hydrogens is 330 g/mol. The van der Waals surface area contributed by atoms with E-state index in [0.29, 0.717) is 19.0 Å². The Labute approximate surface area is 153 Å². The molecule has 2 amide bonds. The highest BCUT2D eigenvalue weighted by Crippen LogP contribution is 2.39. The van der Waals surface area contributed by atoms with Crippen LogP contribution in [0.2, 0.25) is 0 Å². The first-order chi connectivity index (χ1) is 12.7. The number of anilines is 1. The molecule has 2 aromatic rings. The Balaban J connectivity index is 1.47. The molecule has 2 aliphatic rings. The van der Waals surface area contributed by atoms with E-state index in [2.05, 4.69) is 15.4 Å². The molecule has 2 aromatic heterocycles. The molecule has 1 aliphatic heterocycles. The van der Waals surface area contributed by atoms with Crippen molar-refractivity contribution in [2.24, 2.45) is 7.05 Å². The fourth-order valence-electron chi connectivity index (χ4n) is 3.31. The SMILES string of the molecule is Cn1nc(C2CC2)cc1NC(=O)N(Cc1ccccn1)C[C@H]1CCCO1. The number of aromatic nitrogens is 3. The molecule has 1 saturated heterocycles. The number of amides is 2. The normalized spacial score (nSPS) is 19.5. The highest BCUT2D eigenvalue weighted by atomic mass is 16.5. The molecule has 2 fully saturated rings. The van der Waals surface area contributed by atoms with Crippen LogP contribution >= 0.6 is 0 Å². The summed E-state index contributed by atoms with van der Waals surface area (Å²) < 4.78 is 7.48. The third-order valence-corrected chi connectivity index (χ3v) is 4.94. The Hall–Kier alpha value is -2.41. The summed E-state index contributed by atoms with van der Waals surface area (Å²) in [4.78, 5) is 19.1. The second-order valence-corrected chi connectivity index (χ2v) is 7.12. The van der Waals surface area contributed by atoms with Crippen molar-refractivity contribution in [3.63, 3.8) is 0 Å². The fourth-order valence-corrected chi connectivity index (χ4v) is 3.31. The standard InChI is InChI=1S/C19H25N5O2/c1-23-18(11-17(22-23)14-7-8-14)21-19(25)24(13-16-6-4-10-26-16)12-15-5-2-3-9-20-15/h2-3,5,9,11,14,16H,4,6-8,10,12-13H2,1H3,(H,21,25)/t16-/m1/s1. The molecule has 0 bridgehead atoms. The minimum atomic E-state index is -0.142. The first-order valence-corrected chi connectivity index (χ1v) is 9.30. The zero-order valence-electron chi connectivity index (χ0n) is 15.1. The van der Waals surface area contributed by atoms with Gasteiger partial charge in [0, 0.05) is 38.4 Å². The van der Waals surface area contributed by atoms with Gasteiger partial charge in [-0.1, -0.05) is 6.07 Å². The van der Waals surface area contributed by atoms with Crippen molar-refractivity contribution in [3.8, 4) is 0 Å². The molecule has 0 radical (unpaired) electrons. The molecule has 1 N–H and O–H groups in total. The number of pyridine rings is 1. The number of carbonyl (C=O) groups excluding carboxylic acids is 1. The maximum absolute atomic E-state index is 12.9. The Morgan fingerprint density at radius 3 is 2.96 bits per heavy atom. The van der Waals surface area contributed by atoms with E-state index in [1.807, 2.05) is 31.3 Å². The molecular formula is C19H25N5O2. The molecule has 7 nitrogen and oxygen atoms in total. The summed E-state index contributed by atoms with van der Waals surface area (Å²) in [5.74, 6) is 1.29. The van der Waals surface area contributed by atoms with Gasteiger partial charge in [0.05, 0.1) is 24.0 Å². The minimum absolute atomic E-state index is 0.0954. The van der Waals surface area contributed by atoms with Crippen molar-refractivity contribution in [3.05, 3.63) is 41.9 Å². The molecule has 26 heavy (non-hydrogen) atoms. The number of ether oxygens (including phenoxy) is 1. The van der Waals surface area contributed by atoms with Gasteiger partial charge in [-0.05, 0) is 37.8 Å². The van der Waals surface area contributed by atoms with Crippen molar-refractivity contribution in [2.75, 3.05) is 18.5 Å². The van der Waals surface area contributed by atoms with Gasteiger partial charge in [0.1, 0.15) is 5.82 Å². The summed E-state index contributed by atoms with van der Waals surface area (Å²) in [6, 6.07) is 7.60. The number of carbonyl (C=O) groups is 1. The van der Waals surface area contributed by atoms with Gasteiger partial charge >= 0.3 is 6.03 Å². The van der Waals surface area contributed by atoms with Gasteiger partial charge in [-0.2, -0.15) is 5.10 Å². The molecule has 1 aliphatic carbocycles. The number of rotatable bonds is 6. The Kier molecular flexibility index (Phi) is 4.88. The van der Waals surface area contributed by atoms with Gasteiger partial charge in [-0.25, -0.2) is 4.79 Å². The van der Waals surface area contributed by atoms with Crippen LogP contribution in [0.5, 0.6) is 0 Å². The van der Waals surface area contributed by atoms with E-state index in [1.54, 1.807) is 15.8 Å². The second-order valence-electron chi connectivity index (χ2n) is 7.12. The summed E-state index contributed by atoms with van der Waals surface area (Å²) in [5.41, 5.74) is 1.93. The number of urea groups is 1. The summed E-state index contributed by atoms with van der Waals surface area (Å²) in [6.07, 6.45) is 6.27. The van der Waals surface area contributed by atoms with Gasteiger partial charge in [-0.15, -0.1) is 0 Å². The molecule has 1 atom stereocenters. The topological polar surface area (TPSA) is 72.3 Å². The van der Waals surface area contributed by atoms with E-state index in [1.165, 1.54) is 12.8 Å². The van der Waals surface area contributed by atoms with Gasteiger partial charge in [0.2, 0.25) is 0 Å². The van der Waals surface area contributed by atoms with Crippen LogP contribution in [0.3, 0.4) is 0 Å². The molecule has 0 unspecified atom stereocenters. The molecule has 0 spiro atoms. The van der Waals surface area contributed by atoms with Crippen LogP contribution in [0.25, 0.3) is 0 Å². The van der Waals surface area contributed by atoms with Crippen molar-refractivity contribution < 1.29 is 9.53 Å². The van der Waals surface area contributed by atoms with E-state index >= 15 is 0 Å². The highest BCUT2D eigenvalue weighted by molar-refractivity contribution is 5.88. The molecule has 3 heterocycles. The quantitative estimate of drug-likeness (QED) is 0.865. The average molecular weight is 355 g/mol. The summed E-state index contributed by atoms with van der Waals surface area (Å²) >= 11 is 0. The summed E-state index contributed by atoms with van der Waals surface area (Å²) in [7, 11) is 1.87. The van der Waals surface area contributed by atoms with Crippen molar-refractivity contribution in [1.29, 1.82) is 0 Å². The number of hydrogen-bond donors (Lipinski definition) is 1. The van der Waals surface area contributed by atoms with Crippen molar-refractivity contribution >= 4 is 11.8 Å². The zero-order valence-corrected chi connectivity index (χ0v) is 15.1. The predicted octanol–water partition coefficient (Wildman–Crippen LogP) is 2.91. The largest absolute Gasteiger partial charge is 0.376 e. The van der Waals surface area contributed by atoms with E-state index in [0.717, 1.165) is 36.7 Å². The molecule has 4 rings (SSSR count). The van der Waals surface area contributed by atoms with Gasteiger partial charge in [0.25, 0.3) is 0 Å². The first-order valence-electron chi connectivity index (χ1n) is 9.30. The van der Waals surface area contributed by atoms with Crippen LogP contribution in [-0.2, 0) is 18.3 Å². The highest BCUT2D eigenvalue weighted by Gasteiger charge is 2.28. The minimum Gasteiger partial charge on any atom is -0.376 e. The lowest BCUT2D eigenvalue weighted by molar-refractivity contribution is 0.0816. The number of nitrogens with one attached hydrogen (secondary N) is 1. The molecule has 0 aromatic carbocycles.